The van der Waals surface area contributed by atoms with Gasteiger partial charge in [-0.15, -0.1) is 0 Å². The van der Waals surface area contributed by atoms with Crippen LogP contribution in [0.15, 0.2) is 18.2 Å². The number of hydrogen-bond acceptors (Lipinski definition) is 6. The van der Waals surface area contributed by atoms with Crippen LogP contribution in [0.3, 0.4) is 0 Å². The molecule has 0 aliphatic rings. The molecule has 0 aliphatic carbocycles. The summed E-state index contributed by atoms with van der Waals surface area (Å²) in [5.74, 6) is -5.04. The first-order chi connectivity index (χ1) is 6.91. The molecule has 0 unspecified atom stereocenters. The summed E-state index contributed by atoms with van der Waals surface area (Å²) in [4.78, 5) is 31.2. The van der Waals surface area contributed by atoms with Crippen molar-refractivity contribution in [1.29, 1.82) is 0 Å². The van der Waals surface area contributed by atoms with Gasteiger partial charge in [0, 0.05) is 17.1 Å². The largest absolute Gasteiger partial charge is 0.545 e. The molecule has 0 aromatic heterocycles. The van der Waals surface area contributed by atoms with Gasteiger partial charge in [0.05, 0.1) is 17.9 Å². The molecule has 1 aromatic carbocycles. The van der Waals surface area contributed by atoms with E-state index in [1.807, 2.05) is 0 Å². The number of carbonyl (C=O) groups excluding carboxylic acids is 3. The van der Waals surface area contributed by atoms with E-state index < -0.39 is 34.6 Å². The first-order valence-corrected chi connectivity index (χ1v) is 3.71. The number of carboxylic acid groups (broad SMARTS) is 3. The van der Waals surface area contributed by atoms with E-state index in [2.05, 4.69) is 0 Å². The number of carboxylic acids is 3. The van der Waals surface area contributed by atoms with Gasteiger partial charge in [0.1, 0.15) is 0 Å². The zero-order chi connectivity index (χ0) is 11.6. The van der Waals surface area contributed by atoms with Gasteiger partial charge in [-0.1, -0.05) is 0 Å². The van der Waals surface area contributed by atoms with Gasteiger partial charge in [-0.3, -0.25) is 0 Å². The van der Waals surface area contributed by atoms with Crippen LogP contribution in [0.4, 0.5) is 0 Å². The van der Waals surface area contributed by atoms with Crippen molar-refractivity contribution in [2.45, 2.75) is 0 Å². The molecule has 9 nitrogen and oxygen atoms in total. The smallest absolute Gasteiger partial charge is 0.0715 e. The summed E-state index contributed by atoms with van der Waals surface area (Å²) in [6.45, 7) is 0. The Labute approximate surface area is 116 Å². The Morgan fingerprint density at radius 1 is 0.632 bits per heavy atom. The molecule has 0 fully saturated rings. The Hall–Kier alpha value is -1.97. The quantitative estimate of drug-likeness (QED) is 0.493. The van der Waals surface area contributed by atoms with Gasteiger partial charge < -0.3 is 46.1 Å². The fourth-order valence-corrected chi connectivity index (χ4v) is 0.981. The average molecular weight is 325 g/mol. The van der Waals surface area contributed by atoms with Gasteiger partial charge >= 0.3 is 0 Å². The molecule has 0 bridgehead atoms. The molecule has 0 saturated heterocycles. The molecular weight excluding hydrogens is 316 g/mol. The van der Waals surface area contributed by atoms with Crippen LogP contribution in [-0.4, -0.2) is 34.3 Å². The van der Waals surface area contributed by atoms with Crippen molar-refractivity contribution in [3.63, 3.8) is 0 Å². The minimum absolute atomic E-state index is 0. The van der Waals surface area contributed by atoms with Crippen LogP contribution in [0.5, 0.6) is 0 Å². The van der Waals surface area contributed by atoms with Crippen molar-refractivity contribution in [2.24, 2.45) is 0 Å². The van der Waals surface area contributed by atoms with E-state index in [0.29, 0.717) is 0 Å². The summed E-state index contributed by atoms with van der Waals surface area (Å²) in [6.07, 6.45) is 0. The zero-order valence-electron chi connectivity index (χ0n) is 8.98. The topological polar surface area (TPSA) is 215 Å². The number of rotatable bonds is 3. The molecule has 6 N–H and O–H groups in total. The fourth-order valence-electron chi connectivity index (χ4n) is 0.981. The standard InChI is InChI=1S/C9H6O6.Cu.3H2O/c10-7(11)4-1-5(8(12)13)3-6(2-4)9(14)15;;;;/h1-3H,(H,10,11)(H,12,13)(H,14,15);;3*1H2/p-3. The van der Waals surface area contributed by atoms with Gasteiger partial charge in [0.2, 0.25) is 0 Å². The third kappa shape index (κ3) is 6.50. The molecular formula is C9H9CuO9-3. The maximum absolute atomic E-state index is 10.4. The Morgan fingerprint density at radius 3 is 0.895 bits per heavy atom. The molecule has 0 aliphatic heterocycles. The van der Waals surface area contributed by atoms with Gasteiger partial charge in [0.15, 0.2) is 0 Å². The van der Waals surface area contributed by atoms with Gasteiger partial charge in [-0.05, 0) is 34.9 Å². The second-order valence-corrected chi connectivity index (χ2v) is 2.66. The molecule has 1 aromatic rings. The molecule has 19 heavy (non-hydrogen) atoms. The second kappa shape index (κ2) is 10.00. The average Bonchev–Trinajstić information content (AvgIpc) is 2.16. The van der Waals surface area contributed by atoms with Gasteiger partial charge in [-0.2, -0.15) is 0 Å². The first-order valence-electron chi connectivity index (χ1n) is 3.71. The zero-order valence-corrected chi connectivity index (χ0v) is 9.92. The van der Waals surface area contributed by atoms with E-state index in [4.69, 9.17) is 0 Å². The monoisotopic (exact) mass is 324 g/mol. The molecule has 0 spiro atoms. The van der Waals surface area contributed by atoms with E-state index in [9.17, 15) is 29.7 Å². The van der Waals surface area contributed by atoms with Crippen LogP contribution in [0, 0.1) is 0 Å². The summed E-state index contributed by atoms with van der Waals surface area (Å²) in [5.41, 5.74) is -1.68. The molecule has 10 heteroatoms. The molecule has 0 atom stereocenters. The van der Waals surface area contributed by atoms with Crippen molar-refractivity contribution in [2.75, 3.05) is 0 Å². The van der Waals surface area contributed by atoms with E-state index in [-0.39, 0.29) is 33.5 Å². The van der Waals surface area contributed by atoms with Crippen molar-refractivity contribution >= 4 is 17.9 Å². The summed E-state index contributed by atoms with van der Waals surface area (Å²) in [6, 6.07) is 2.24. The van der Waals surface area contributed by atoms with Gasteiger partial charge in [0.25, 0.3) is 0 Å². The van der Waals surface area contributed by atoms with Crippen molar-refractivity contribution in [3.8, 4) is 0 Å². The van der Waals surface area contributed by atoms with E-state index >= 15 is 0 Å². The Morgan fingerprint density at radius 2 is 0.789 bits per heavy atom. The van der Waals surface area contributed by atoms with Crippen molar-refractivity contribution in [1.82, 2.24) is 0 Å². The summed E-state index contributed by atoms with van der Waals surface area (Å²) < 4.78 is 0. The third-order valence-electron chi connectivity index (χ3n) is 1.64. The number of benzene rings is 1. The van der Waals surface area contributed by atoms with E-state index in [0.717, 1.165) is 18.2 Å². The SMILES string of the molecule is O.O.O.O=C([O-])c1cc(C(=O)[O-])cc(C(=O)[O-])c1.[Cu]. The van der Waals surface area contributed by atoms with Crippen LogP contribution in [0.1, 0.15) is 31.1 Å². The molecule has 113 valence electrons. The minimum atomic E-state index is -1.68. The third-order valence-corrected chi connectivity index (χ3v) is 1.64. The van der Waals surface area contributed by atoms with Crippen molar-refractivity contribution < 1.29 is 63.2 Å². The van der Waals surface area contributed by atoms with Crippen LogP contribution >= 0.6 is 0 Å². The summed E-state index contributed by atoms with van der Waals surface area (Å²) in [7, 11) is 0. The molecule has 0 amide bonds. The number of carbonyl (C=O) groups is 3. The molecule has 1 rings (SSSR count). The van der Waals surface area contributed by atoms with Crippen LogP contribution in [-0.2, 0) is 17.1 Å². The fraction of sp³-hybridized carbons (Fsp3) is 0. The Bertz CT molecular complexity index is 378. The molecule has 1 radical (unpaired) electrons. The van der Waals surface area contributed by atoms with Gasteiger partial charge in [-0.25, -0.2) is 0 Å². The van der Waals surface area contributed by atoms with Crippen LogP contribution < -0.4 is 15.3 Å². The van der Waals surface area contributed by atoms with E-state index in [1.165, 1.54) is 0 Å². The predicted molar refractivity (Wildman–Crippen MR) is 50.3 cm³/mol. The normalized spacial score (nSPS) is 7.58. The van der Waals surface area contributed by atoms with Crippen LogP contribution in [0.2, 0.25) is 0 Å². The number of aromatic carboxylic acids is 3. The minimum Gasteiger partial charge on any atom is -0.545 e. The predicted octanol–water partition coefficient (Wildman–Crippen LogP) is -5.70. The Kier molecular flexibility index (Phi) is 13.6. The molecule has 0 heterocycles. The molecule has 0 saturated carbocycles. The second-order valence-electron chi connectivity index (χ2n) is 2.66. The first kappa shape index (κ1) is 25.8. The number of hydrogen-bond donors (Lipinski definition) is 0. The maximum atomic E-state index is 10.4. The summed E-state index contributed by atoms with van der Waals surface area (Å²) in [5, 5.41) is 31.2. The van der Waals surface area contributed by atoms with Crippen LogP contribution in [0.25, 0.3) is 0 Å². The van der Waals surface area contributed by atoms with E-state index in [1.54, 1.807) is 0 Å². The maximum Gasteiger partial charge on any atom is 0.0715 e. The summed E-state index contributed by atoms with van der Waals surface area (Å²) >= 11 is 0. The Balaban J connectivity index is -0.000000281. The van der Waals surface area contributed by atoms with Crippen molar-refractivity contribution in [3.05, 3.63) is 34.9 Å².